The van der Waals surface area contributed by atoms with Crippen molar-refractivity contribution in [2.45, 2.75) is 20.4 Å². The van der Waals surface area contributed by atoms with Crippen LogP contribution in [0.3, 0.4) is 0 Å². The molecule has 0 aromatic heterocycles. The normalized spacial score (nSPS) is 18.9. The predicted octanol–water partition coefficient (Wildman–Crippen LogP) is 1.13. The van der Waals surface area contributed by atoms with Crippen LogP contribution in [0, 0.1) is 5.92 Å². The summed E-state index contributed by atoms with van der Waals surface area (Å²) in [5, 5.41) is 12.6. The van der Waals surface area contributed by atoms with E-state index in [2.05, 4.69) is 39.2 Å². The molecule has 0 aliphatic carbocycles. The van der Waals surface area contributed by atoms with Crippen molar-refractivity contribution in [3.63, 3.8) is 0 Å². The van der Waals surface area contributed by atoms with E-state index in [1.807, 2.05) is 13.0 Å². The summed E-state index contributed by atoms with van der Waals surface area (Å²) >= 11 is 0. The van der Waals surface area contributed by atoms with E-state index in [-0.39, 0.29) is 12.5 Å². The fourth-order valence-electron chi connectivity index (χ4n) is 3.14. The van der Waals surface area contributed by atoms with Gasteiger partial charge in [-0.2, -0.15) is 0 Å². The van der Waals surface area contributed by atoms with E-state index in [0.717, 1.165) is 56.7 Å². The molecule has 3 rings (SSSR count). The minimum atomic E-state index is 0.173. The Balaban J connectivity index is 1.52. The predicted molar refractivity (Wildman–Crippen MR) is 102 cm³/mol. The summed E-state index contributed by atoms with van der Waals surface area (Å²) < 4.78 is 10.8. The third kappa shape index (κ3) is 4.80. The first-order chi connectivity index (χ1) is 12.7. The van der Waals surface area contributed by atoms with Gasteiger partial charge in [-0.25, -0.2) is 0 Å². The van der Waals surface area contributed by atoms with Crippen LogP contribution in [0.1, 0.15) is 19.4 Å². The van der Waals surface area contributed by atoms with Gasteiger partial charge >= 0.3 is 0 Å². The van der Waals surface area contributed by atoms with Crippen molar-refractivity contribution < 1.29 is 14.6 Å². The molecule has 7 nitrogen and oxygen atoms in total. The molecule has 144 valence electrons. The quantitative estimate of drug-likeness (QED) is 0.584. The first-order valence-electron chi connectivity index (χ1n) is 9.44. The van der Waals surface area contributed by atoms with E-state index in [0.29, 0.717) is 13.3 Å². The Labute approximate surface area is 155 Å². The second-order valence-electron chi connectivity index (χ2n) is 6.93. The number of fused-ring (bicyclic) bond motifs is 1. The van der Waals surface area contributed by atoms with Crippen LogP contribution in [0.15, 0.2) is 23.2 Å². The second kappa shape index (κ2) is 9.09. The van der Waals surface area contributed by atoms with Gasteiger partial charge in [0.15, 0.2) is 17.5 Å². The smallest absolute Gasteiger partial charge is 0.231 e. The minimum Gasteiger partial charge on any atom is -0.454 e. The van der Waals surface area contributed by atoms with Crippen LogP contribution in [-0.4, -0.2) is 73.5 Å². The molecule has 26 heavy (non-hydrogen) atoms. The lowest BCUT2D eigenvalue weighted by molar-refractivity contribution is 0.170. The molecule has 2 heterocycles. The van der Waals surface area contributed by atoms with Crippen molar-refractivity contribution in [3.05, 3.63) is 23.8 Å². The van der Waals surface area contributed by atoms with E-state index in [9.17, 15) is 5.11 Å². The second-order valence-corrected chi connectivity index (χ2v) is 6.93. The average molecular weight is 362 g/mol. The van der Waals surface area contributed by atoms with Crippen molar-refractivity contribution in [1.29, 1.82) is 0 Å². The molecule has 1 saturated heterocycles. The number of hydrogen-bond acceptors (Lipinski definition) is 5. The van der Waals surface area contributed by atoms with Gasteiger partial charge in [-0.3, -0.25) is 9.89 Å². The number of hydrogen-bond donors (Lipinski definition) is 2. The van der Waals surface area contributed by atoms with Gasteiger partial charge in [0.05, 0.1) is 0 Å². The zero-order valence-corrected chi connectivity index (χ0v) is 15.8. The monoisotopic (exact) mass is 362 g/mol. The standard InChI is InChI=1S/C19H30N4O3/c1-3-20-19(21-11-15(2)13-24)23-8-6-22(7-9-23)12-16-4-5-17-18(10-16)26-14-25-17/h4-5,10,15,24H,3,6-9,11-14H2,1-2H3,(H,20,21). The van der Waals surface area contributed by atoms with Crippen LogP contribution < -0.4 is 14.8 Å². The van der Waals surface area contributed by atoms with Crippen molar-refractivity contribution in [1.82, 2.24) is 15.1 Å². The van der Waals surface area contributed by atoms with Crippen molar-refractivity contribution in [3.8, 4) is 11.5 Å². The molecular weight excluding hydrogens is 332 g/mol. The molecule has 1 unspecified atom stereocenters. The van der Waals surface area contributed by atoms with Gasteiger partial charge in [0, 0.05) is 52.4 Å². The van der Waals surface area contributed by atoms with Crippen LogP contribution in [0.5, 0.6) is 11.5 Å². The van der Waals surface area contributed by atoms with Gasteiger partial charge in [0.1, 0.15) is 0 Å². The molecule has 0 saturated carbocycles. The van der Waals surface area contributed by atoms with Gasteiger partial charge in [-0.05, 0) is 30.5 Å². The maximum absolute atomic E-state index is 9.19. The summed E-state index contributed by atoms with van der Waals surface area (Å²) in [5.41, 5.74) is 1.25. The zero-order chi connectivity index (χ0) is 18.4. The average Bonchev–Trinajstić information content (AvgIpc) is 3.13. The molecule has 0 radical (unpaired) electrons. The Morgan fingerprint density at radius 1 is 1.23 bits per heavy atom. The summed E-state index contributed by atoms with van der Waals surface area (Å²) in [6.45, 7) is 10.9. The van der Waals surface area contributed by atoms with Crippen LogP contribution in [0.4, 0.5) is 0 Å². The molecule has 0 bridgehead atoms. The first kappa shape index (κ1) is 18.8. The number of benzene rings is 1. The van der Waals surface area contributed by atoms with Crippen molar-refractivity contribution in [2.24, 2.45) is 10.9 Å². The number of aliphatic hydroxyl groups excluding tert-OH is 1. The molecule has 2 aliphatic rings. The number of guanidine groups is 1. The number of rotatable bonds is 6. The number of aliphatic imine (C=N–C) groups is 1. The molecule has 7 heteroatoms. The maximum atomic E-state index is 9.19. The van der Waals surface area contributed by atoms with Crippen LogP contribution in [-0.2, 0) is 6.54 Å². The fourth-order valence-corrected chi connectivity index (χ4v) is 3.14. The van der Waals surface area contributed by atoms with E-state index in [1.54, 1.807) is 0 Å². The highest BCUT2D eigenvalue weighted by Crippen LogP contribution is 2.32. The molecule has 2 aliphatic heterocycles. The summed E-state index contributed by atoms with van der Waals surface area (Å²) in [6, 6.07) is 6.18. The van der Waals surface area contributed by atoms with E-state index in [1.165, 1.54) is 5.56 Å². The molecule has 2 N–H and O–H groups in total. The molecule has 1 aromatic carbocycles. The number of nitrogens with one attached hydrogen (secondary N) is 1. The molecule has 0 amide bonds. The van der Waals surface area contributed by atoms with Crippen LogP contribution >= 0.6 is 0 Å². The third-order valence-corrected chi connectivity index (χ3v) is 4.71. The Morgan fingerprint density at radius 3 is 2.73 bits per heavy atom. The molecule has 1 fully saturated rings. The minimum absolute atomic E-state index is 0.173. The van der Waals surface area contributed by atoms with Gasteiger partial charge in [-0.1, -0.05) is 13.0 Å². The largest absolute Gasteiger partial charge is 0.454 e. The molecule has 0 spiro atoms. The molecular formula is C19H30N4O3. The Kier molecular flexibility index (Phi) is 6.57. The number of aliphatic hydroxyl groups is 1. The topological polar surface area (TPSA) is 69.6 Å². The van der Waals surface area contributed by atoms with Crippen molar-refractivity contribution >= 4 is 5.96 Å². The number of ether oxygens (including phenoxy) is 2. The highest BCUT2D eigenvalue weighted by atomic mass is 16.7. The van der Waals surface area contributed by atoms with E-state index < -0.39 is 0 Å². The summed E-state index contributed by atoms with van der Waals surface area (Å²) in [7, 11) is 0. The lowest BCUT2D eigenvalue weighted by atomic mass is 10.1. The SMILES string of the molecule is CCNC(=NCC(C)CO)N1CCN(Cc2ccc3c(c2)OCO3)CC1. The molecule has 1 atom stereocenters. The van der Waals surface area contributed by atoms with Gasteiger partial charge in [-0.15, -0.1) is 0 Å². The maximum Gasteiger partial charge on any atom is 0.231 e. The van der Waals surface area contributed by atoms with Gasteiger partial charge in [0.25, 0.3) is 0 Å². The van der Waals surface area contributed by atoms with Crippen molar-refractivity contribution in [2.75, 3.05) is 52.7 Å². The van der Waals surface area contributed by atoms with Crippen LogP contribution in [0.25, 0.3) is 0 Å². The highest BCUT2D eigenvalue weighted by molar-refractivity contribution is 5.80. The Hall–Kier alpha value is -1.99. The summed E-state index contributed by atoms with van der Waals surface area (Å²) in [4.78, 5) is 9.44. The highest BCUT2D eigenvalue weighted by Gasteiger charge is 2.21. The first-order valence-corrected chi connectivity index (χ1v) is 9.44. The third-order valence-electron chi connectivity index (χ3n) is 4.71. The van der Waals surface area contributed by atoms with Gasteiger partial charge < -0.3 is 24.8 Å². The molecule has 1 aromatic rings. The Bertz CT molecular complexity index is 615. The number of piperazine rings is 1. The number of nitrogens with zero attached hydrogens (tertiary/aromatic N) is 3. The summed E-state index contributed by atoms with van der Waals surface area (Å²) in [6.07, 6.45) is 0. The van der Waals surface area contributed by atoms with Crippen LogP contribution in [0.2, 0.25) is 0 Å². The Morgan fingerprint density at radius 2 is 2.00 bits per heavy atom. The van der Waals surface area contributed by atoms with E-state index in [4.69, 9.17) is 9.47 Å². The van der Waals surface area contributed by atoms with E-state index >= 15 is 0 Å². The summed E-state index contributed by atoms with van der Waals surface area (Å²) in [5.74, 6) is 2.83. The van der Waals surface area contributed by atoms with Gasteiger partial charge in [0.2, 0.25) is 6.79 Å². The fraction of sp³-hybridized carbons (Fsp3) is 0.632. The zero-order valence-electron chi connectivity index (χ0n) is 15.8. The lowest BCUT2D eigenvalue weighted by Gasteiger charge is -2.36. The lowest BCUT2D eigenvalue weighted by Crippen LogP contribution is -2.52.